The number of nitrogens with one attached hydrogen (secondary N) is 1. The van der Waals surface area contributed by atoms with Gasteiger partial charge in [-0.25, -0.2) is 16.8 Å². The second-order valence-electron chi connectivity index (χ2n) is 6.21. The van der Waals surface area contributed by atoms with Crippen LogP contribution >= 0.6 is 0 Å². The summed E-state index contributed by atoms with van der Waals surface area (Å²) in [5.41, 5.74) is 0.494. The highest BCUT2D eigenvalue weighted by Gasteiger charge is 2.24. The Morgan fingerprint density at radius 1 is 1.00 bits per heavy atom. The van der Waals surface area contributed by atoms with Crippen LogP contribution in [0.2, 0.25) is 0 Å². The first kappa shape index (κ1) is 17.3. The summed E-state index contributed by atoms with van der Waals surface area (Å²) in [4.78, 5) is 0.0726. The lowest BCUT2D eigenvalue weighted by molar-refractivity contribution is 0.349. The largest absolute Gasteiger partial charge is 0.381 e. The molecule has 1 aromatic carbocycles. The molecule has 7 heteroatoms. The highest BCUT2D eigenvalue weighted by molar-refractivity contribution is 7.91. The normalized spacial score (nSPS) is 23.2. The van der Waals surface area contributed by atoms with Gasteiger partial charge >= 0.3 is 0 Å². The van der Waals surface area contributed by atoms with Gasteiger partial charge in [-0.1, -0.05) is 19.8 Å². The minimum absolute atomic E-state index is 0.0233. The van der Waals surface area contributed by atoms with E-state index in [4.69, 9.17) is 0 Å². The Morgan fingerprint density at radius 2 is 1.64 bits per heavy atom. The lowest BCUT2D eigenvalue weighted by Crippen LogP contribution is -2.30. The van der Waals surface area contributed by atoms with Crippen molar-refractivity contribution in [3.05, 3.63) is 18.2 Å². The Kier molecular flexibility index (Phi) is 4.87. The van der Waals surface area contributed by atoms with E-state index in [0.29, 0.717) is 11.6 Å². The molecule has 1 aromatic rings. The average molecular weight is 345 g/mol. The molecule has 0 spiro atoms. The molecule has 2 rings (SSSR count). The molecular formula is C15H23NO4S2. The summed E-state index contributed by atoms with van der Waals surface area (Å²) in [5, 5.41) is 3.31. The molecule has 1 aliphatic carbocycles. The molecule has 0 bridgehead atoms. The summed E-state index contributed by atoms with van der Waals surface area (Å²) >= 11 is 0. The van der Waals surface area contributed by atoms with Crippen molar-refractivity contribution in [2.75, 3.05) is 17.8 Å². The monoisotopic (exact) mass is 345 g/mol. The molecule has 1 N–H and O–H groups in total. The van der Waals surface area contributed by atoms with Gasteiger partial charge in [0.2, 0.25) is 0 Å². The summed E-state index contributed by atoms with van der Waals surface area (Å²) in [6.45, 7) is 2.15. The van der Waals surface area contributed by atoms with Gasteiger partial charge in [0, 0.05) is 18.6 Å². The number of anilines is 1. The number of hydrogen-bond acceptors (Lipinski definition) is 5. The summed E-state index contributed by atoms with van der Waals surface area (Å²) < 4.78 is 47.3. The van der Waals surface area contributed by atoms with E-state index in [0.717, 1.165) is 31.8 Å². The summed E-state index contributed by atoms with van der Waals surface area (Å²) in [7, 11) is -6.95. The number of hydrogen-bond donors (Lipinski definition) is 1. The molecule has 2 atom stereocenters. The topological polar surface area (TPSA) is 80.3 Å². The number of benzene rings is 1. The van der Waals surface area contributed by atoms with E-state index in [1.54, 1.807) is 6.07 Å². The van der Waals surface area contributed by atoms with E-state index in [1.807, 2.05) is 0 Å². The van der Waals surface area contributed by atoms with Crippen molar-refractivity contribution in [3.63, 3.8) is 0 Å². The Hall–Kier alpha value is -1.08. The molecule has 124 valence electrons. The van der Waals surface area contributed by atoms with Crippen LogP contribution in [0.4, 0.5) is 5.69 Å². The van der Waals surface area contributed by atoms with Crippen LogP contribution in [0.5, 0.6) is 0 Å². The zero-order chi connectivity index (χ0) is 16.5. The lowest BCUT2D eigenvalue weighted by Gasteiger charge is -2.31. The maximum Gasteiger partial charge on any atom is 0.177 e. The van der Waals surface area contributed by atoms with Gasteiger partial charge in [-0.05, 0) is 37.0 Å². The molecule has 0 aliphatic heterocycles. The molecule has 0 heterocycles. The van der Waals surface area contributed by atoms with Crippen LogP contribution in [0.1, 0.15) is 32.6 Å². The summed E-state index contributed by atoms with van der Waals surface area (Å²) in [6, 6.07) is 4.49. The third kappa shape index (κ3) is 4.01. The Labute approximate surface area is 133 Å². The van der Waals surface area contributed by atoms with Crippen LogP contribution in [0.15, 0.2) is 28.0 Å². The number of rotatable bonds is 4. The van der Waals surface area contributed by atoms with Gasteiger partial charge in [0.25, 0.3) is 0 Å². The molecular weight excluding hydrogens is 322 g/mol. The fraction of sp³-hybridized carbons (Fsp3) is 0.600. The highest BCUT2D eigenvalue weighted by atomic mass is 32.2. The summed E-state index contributed by atoms with van der Waals surface area (Å²) in [5.74, 6) is 0.468. The van der Waals surface area contributed by atoms with E-state index < -0.39 is 19.7 Å². The molecule has 5 nitrogen and oxygen atoms in total. The zero-order valence-electron chi connectivity index (χ0n) is 13.2. The standard InChI is InChI=1S/C15H23NO4S2/c1-11-6-4-5-7-13(11)16-14-9-8-12(21(2,17)18)10-15(14)22(3,19)20/h8-11,13,16H,4-7H2,1-3H3. The molecule has 1 saturated carbocycles. The van der Waals surface area contributed by atoms with E-state index in [9.17, 15) is 16.8 Å². The minimum atomic E-state index is -3.51. The Bertz CT molecular complexity index is 754. The average Bonchev–Trinajstić information content (AvgIpc) is 2.39. The molecule has 1 fully saturated rings. The third-order valence-electron chi connectivity index (χ3n) is 4.23. The minimum Gasteiger partial charge on any atom is -0.381 e. The van der Waals surface area contributed by atoms with Gasteiger partial charge in [-0.15, -0.1) is 0 Å². The Balaban J connectivity index is 2.43. The molecule has 2 unspecified atom stereocenters. The van der Waals surface area contributed by atoms with Gasteiger partial charge in [-0.2, -0.15) is 0 Å². The van der Waals surface area contributed by atoms with Crippen LogP contribution in [-0.4, -0.2) is 35.4 Å². The van der Waals surface area contributed by atoms with Crippen molar-refractivity contribution in [1.29, 1.82) is 0 Å². The van der Waals surface area contributed by atoms with Crippen molar-refractivity contribution in [3.8, 4) is 0 Å². The van der Waals surface area contributed by atoms with E-state index in [1.165, 1.54) is 18.6 Å². The molecule has 1 aliphatic rings. The van der Waals surface area contributed by atoms with Crippen molar-refractivity contribution in [2.45, 2.75) is 48.4 Å². The first-order valence-electron chi connectivity index (χ1n) is 7.40. The molecule has 0 amide bonds. The first-order valence-corrected chi connectivity index (χ1v) is 11.2. The SMILES string of the molecule is CC1CCCCC1Nc1ccc(S(C)(=O)=O)cc1S(C)(=O)=O. The van der Waals surface area contributed by atoms with E-state index in [-0.39, 0.29) is 15.8 Å². The van der Waals surface area contributed by atoms with E-state index in [2.05, 4.69) is 12.2 Å². The molecule has 0 saturated heterocycles. The second kappa shape index (κ2) is 6.20. The maximum absolute atomic E-state index is 12.0. The van der Waals surface area contributed by atoms with Crippen LogP contribution < -0.4 is 5.32 Å². The number of sulfone groups is 2. The highest BCUT2D eigenvalue weighted by Crippen LogP contribution is 2.31. The Morgan fingerprint density at radius 3 is 2.18 bits per heavy atom. The van der Waals surface area contributed by atoms with Gasteiger partial charge in [-0.3, -0.25) is 0 Å². The second-order valence-corrected chi connectivity index (χ2v) is 10.2. The third-order valence-corrected chi connectivity index (χ3v) is 6.48. The smallest absolute Gasteiger partial charge is 0.177 e. The van der Waals surface area contributed by atoms with Crippen LogP contribution in [0, 0.1) is 5.92 Å². The van der Waals surface area contributed by atoms with Gasteiger partial charge in [0.1, 0.15) is 0 Å². The van der Waals surface area contributed by atoms with Crippen molar-refractivity contribution >= 4 is 25.4 Å². The van der Waals surface area contributed by atoms with Crippen LogP contribution in [-0.2, 0) is 19.7 Å². The van der Waals surface area contributed by atoms with Crippen LogP contribution in [0.3, 0.4) is 0 Å². The predicted molar refractivity (Wildman–Crippen MR) is 87.7 cm³/mol. The molecule has 22 heavy (non-hydrogen) atoms. The van der Waals surface area contributed by atoms with Gasteiger partial charge in [0.05, 0.1) is 15.5 Å². The maximum atomic E-state index is 12.0. The predicted octanol–water partition coefficient (Wildman–Crippen LogP) is 2.48. The molecule has 0 radical (unpaired) electrons. The fourth-order valence-corrected chi connectivity index (χ4v) is 4.48. The van der Waals surface area contributed by atoms with Gasteiger partial charge in [0.15, 0.2) is 19.7 Å². The van der Waals surface area contributed by atoms with Gasteiger partial charge < -0.3 is 5.32 Å². The first-order chi connectivity index (χ1) is 10.1. The van der Waals surface area contributed by atoms with Crippen LogP contribution in [0.25, 0.3) is 0 Å². The van der Waals surface area contributed by atoms with Crippen molar-refractivity contribution in [2.24, 2.45) is 5.92 Å². The molecule has 0 aromatic heterocycles. The zero-order valence-corrected chi connectivity index (χ0v) is 14.8. The summed E-state index contributed by atoms with van der Waals surface area (Å²) in [6.07, 6.45) is 6.61. The van der Waals surface area contributed by atoms with Crippen molar-refractivity contribution in [1.82, 2.24) is 0 Å². The van der Waals surface area contributed by atoms with Crippen molar-refractivity contribution < 1.29 is 16.8 Å². The quantitative estimate of drug-likeness (QED) is 0.907. The lowest BCUT2D eigenvalue weighted by atomic mass is 9.86. The fourth-order valence-electron chi connectivity index (χ4n) is 2.89. The van der Waals surface area contributed by atoms with E-state index >= 15 is 0 Å².